The van der Waals surface area contributed by atoms with Crippen LogP contribution < -0.4 is 20.9 Å². The lowest BCUT2D eigenvalue weighted by Gasteiger charge is -2.24. The molecule has 0 radical (unpaired) electrons. The standard InChI is InChI=1S/C22H31N5O/c1-5-27(20-8-6-7-17(2)15-20)14-13-25-22(24-4)26-16-18-9-11-19(12-10-18)21(28)23-3/h6-12,15H,5,13-14,16H2,1-4H3,(H,23,28)(H2,24,25,26). The van der Waals surface area contributed by atoms with Crippen molar-refractivity contribution in [3.05, 3.63) is 65.2 Å². The van der Waals surface area contributed by atoms with E-state index in [-0.39, 0.29) is 5.91 Å². The molecule has 6 nitrogen and oxygen atoms in total. The number of nitrogens with zero attached hydrogens (tertiary/aromatic N) is 2. The van der Waals surface area contributed by atoms with E-state index < -0.39 is 0 Å². The average molecular weight is 382 g/mol. The van der Waals surface area contributed by atoms with Gasteiger partial charge in [-0.15, -0.1) is 0 Å². The number of guanidine groups is 1. The monoisotopic (exact) mass is 381 g/mol. The van der Waals surface area contributed by atoms with Gasteiger partial charge in [-0.1, -0.05) is 24.3 Å². The molecule has 6 heteroatoms. The van der Waals surface area contributed by atoms with E-state index in [4.69, 9.17) is 0 Å². The van der Waals surface area contributed by atoms with E-state index in [1.807, 2.05) is 24.3 Å². The summed E-state index contributed by atoms with van der Waals surface area (Å²) < 4.78 is 0. The molecule has 0 aromatic heterocycles. The first-order valence-corrected chi connectivity index (χ1v) is 9.64. The van der Waals surface area contributed by atoms with E-state index >= 15 is 0 Å². The molecule has 0 spiro atoms. The highest BCUT2D eigenvalue weighted by atomic mass is 16.1. The van der Waals surface area contributed by atoms with Crippen molar-refractivity contribution in [3.63, 3.8) is 0 Å². The lowest BCUT2D eigenvalue weighted by atomic mass is 10.1. The Hall–Kier alpha value is -3.02. The first kappa shape index (κ1) is 21.3. The molecule has 2 aromatic rings. The second-order valence-electron chi connectivity index (χ2n) is 6.55. The average Bonchev–Trinajstić information content (AvgIpc) is 2.73. The number of aliphatic imine (C=N–C) groups is 1. The molecule has 0 bridgehead atoms. The van der Waals surface area contributed by atoms with Crippen molar-refractivity contribution in [2.75, 3.05) is 38.6 Å². The topological polar surface area (TPSA) is 68.8 Å². The third-order valence-electron chi connectivity index (χ3n) is 4.55. The van der Waals surface area contributed by atoms with E-state index in [0.717, 1.165) is 31.2 Å². The maximum atomic E-state index is 11.6. The van der Waals surface area contributed by atoms with Crippen LogP contribution in [0, 0.1) is 6.92 Å². The van der Waals surface area contributed by atoms with Crippen LogP contribution >= 0.6 is 0 Å². The van der Waals surface area contributed by atoms with Gasteiger partial charge in [-0.25, -0.2) is 0 Å². The summed E-state index contributed by atoms with van der Waals surface area (Å²) in [6.45, 7) is 7.55. The predicted octanol–water partition coefficient (Wildman–Crippen LogP) is 2.55. The SMILES string of the molecule is CCN(CCNC(=NC)NCc1ccc(C(=O)NC)cc1)c1cccc(C)c1. The van der Waals surface area contributed by atoms with Crippen molar-refractivity contribution < 1.29 is 4.79 Å². The summed E-state index contributed by atoms with van der Waals surface area (Å²) in [5, 5.41) is 9.29. The predicted molar refractivity (Wildman–Crippen MR) is 117 cm³/mol. The van der Waals surface area contributed by atoms with E-state index in [0.29, 0.717) is 12.1 Å². The van der Waals surface area contributed by atoms with Gasteiger partial charge in [0.05, 0.1) is 0 Å². The van der Waals surface area contributed by atoms with Crippen molar-refractivity contribution in [1.82, 2.24) is 16.0 Å². The molecule has 0 fully saturated rings. The minimum absolute atomic E-state index is 0.0777. The zero-order valence-electron chi connectivity index (χ0n) is 17.2. The second-order valence-corrected chi connectivity index (χ2v) is 6.55. The highest BCUT2D eigenvalue weighted by Gasteiger charge is 2.06. The Morgan fingerprint density at radius 3 is 2.46 bits per heavy atom. The Morgan fingerprint density at radius 2 is 1.86 bits per heavy atom. The first-order valence-electron chi connectivity index (χ1n) is 9.64. The van der Waals surface area contributed by atoms with Gasteiger partial charge in [0.15, 0.2) is 5.96 Å². The van der Waals surface area contributed by atoms with Crippen molar-refractivity contribution in [2.24, 2.45) is 4.99 Å². The van der Waals surface area contributed by atoms with Gasteiger partial charge in [-0.2, -0.15) is 0 Å². The first-order chi connectivity index (χ1) is 13.6. The number of rotatable bonds is 8. The van der Waals surface area contributed by atoms with Crippen molar-refractivity contribution in [3.8, 4) is 0 Å². The maximum absolute atomic E-state index is 11.6. The fourth-order valence-corrected chi connectivity index (χ4v) is 2.93. The molecule has 0 atom stereocenters. The molecule has 150 valence electrons. The zero-order valence-corrected chi connectivity index (χ0v) is 17.2. The molecule has 0 aliphatic rings. The number of nitrogens with one attached hydrogen (secondary N) is 3. The Kier molecular flexibility index (Phi) is 8.34. The van der Waals surface area contributed by atoms with Gasteiger partial charge >= 0.3 is 0 Å². The molecule has 0 aliphatic carbocycles. The number of carbonyl (C=O) groups excluding carboxylic acids is 1. The van der Waals surface area contributed by atoms with Crippen LogP contribution in [0.1, 0.15) is 28.4 Å². The van der Waals surface area contributed by atoms with Crippen LogP contribution in [-0.2, 0) is 6.54 Å². The molecule has 1 amide bonds. The number of hydrogen-bond acceptors (Lipinski definition) is 3. The van der Waals surface area contributed by atoms with Gasteiger partial charge in [0.2, 0.25) is 0 Å². The minimum atomic E-state index is -0.0777. The van der Waals surface area contributed by atoms with Crippen LogP contribution in [-0.4, -0.2) is 45.6 Å². The molecular weight excluding hydrogens is 350 g/mol. The van der Waals surface area contributed by atoms with Crippen LogP contribution in [0.4, 0.5) is 5.69 Å². The normalized spacial score (nSPS) is 11.1. The Bertz CT molecular complexity index is 786. The number of anilines is 1. The summed E-state index contributed by atoms with van der Waals surface area (Å²) in [4.78, 5) is 18.2. The Balaban J connectivity index is 1.81. The Labute approximate surface area is 168 Å². The molecule has 0 aliphatic heterocycles. The lowest BCUT2D eigenvalue weighted by molar-refractivity contribution is 0.0963. The van der Waals surface area contributed by atoms with Gasteiger partial charge in [0.1, 0.15) is 0 Å². The number of benzene rings is 2. The van der Waals surface area contributed by atoms with Crippen LogP contribution in [0.15, 0.2) is 53.5 Å². The minimum Gasteiger partial charge on any atom is -0.370 e. The molecule has 2 aromatic carbocycles. The summed E-state index contributed by atoms with van der Waals surface area (Å²) in [6, 6.07) is 16.1. The molecule has 2 rings (SSSR count). The molecule has 28 heavy (non-hydrogen) atoms. The van der Waals surface area contributed by atoms with Crippen molar-refractivity contribution >= 4 is 17.6 Å². The highest BCUT2D eigenvalue weighted by molar-refractivity contribution is 5.93. The summed E-state index contributed by atoms with van der Waals surface area (Å²) in [6.07, 6.45) is 0. The van der Waals surface area contributed by atoms with Gasteiger partial charge in [-0.05, 0) is 49.2 Å². The van der Waals surface area contributed by atoms with Crippen LogP contribution in [0.25, 0.3) is 0 Å². The fourth-order valence-electron chi connectivity index (χ4n) is 2.93. The van der Waals surface area contributed by atoms with E-state index in [9.17, 15) is 4.79 Å². The number of carbonyl (C=O) groups is 1. The van der Waals surface area contributed by atoms with E-state index in [1.165, 1.54) is 11.3 Å². The van der Waals surface area contributed by atoms with E-state index in [1.54, 1.807) is 14.1 Å². The summed E-state index contributed by atoms with van der Waals surface area (Å²) in [7, 11) is 3.40. The molecule has 3 N–H and O–H groups in total. The molecule has 0 unspecified atom stereocenters. The number of aryl methyl sites for hydroxylation is 1. The molecule has 0 saturated heterocycles. The zero-order chi connectivity index (χ0) is 20.4. The van der Waals surface area contributed by atoms with Gasteiger partial charge < -0.3 is 20.9 Å². The lowest BCUT2D eigenvalue weighted by Crippen LogP contribution is -2.41. The Morgan fingerprint density at radius 1 is 1.11 bits per heavy atom. The van der Waals surface area contributed by atoms with E-state index in [2.05, 4.69) is 64.0 Å². The smallest absolute Gasteiger partial charge is 0.251 e. The summed E-state index contributed by atoms with van der Waals surface area (Å²) in [5.74, 6) is 0.682. The second kappa shape index (κ2) is 11.0. The van der Waals surface area contributed by atoms with Gasteiger partial charge in [-0.3, -0.25) is 9.79 Å². The highest BCUT2D eigenvalue weighted by Crippen LogP contribution is 2.14. The summed E-state index contributed by atoms with van der Waals surface area (Å²) >= 11 is 0. The molecular formula is C22H31N5O. The number of hydrogen-bond donors (Lipinski definition) is 3. The third-order valence-corrected chi connectivity index (χ3v) is 4.55. The van der Waals surface area contributed by atoms with Gasteiger partial charge in [0.25, 0.3) is 5.91 Å². The van der Waals surface area contributed by atoms with Crippen LogP contribution in [0.5, 0.6) is 0 Å². The summed E-state index contributed by atoms with van der Waals surface area (Å²) in [5.41, 5.74) is 4.25. The van der Waals surface area contributed by atoms with Crippen molar-refractivity contribution in [1.29, 1.82) is 0 Å². The molecule has 0 heterocycles. The number of amides is 1. The number of likely N-dealkylation sites (N-methyl/N-ethyl adjacent to an activating group) is 1. The van der Waals surface area contributed by atoms with Crippen LogP contribution in [0.2, 0.25) is 0 Å². The fraction of sp³-hybridized carbons (Fsp3) is 0.364. The quantitative estimate of drug-likeness (QED) is 0.486. The maximum Gasteiger partial charge on any atom is 0.251 e. The third kappa shape index (κ3) is 6.30. The van der Waals surface area contributed by atoms with Gasteiger partial charge in [0, 0.05) is 51.5 Å². The van der Waals surface area contributed by atoms with Crippen LogP contribution in [0.3, 0.4) is 0 Å². The van der Waals surface area contributed by atoms with Crippen molar-refractivity contribution in [2.45, 2.75) is 20.4 Å². The molecule has 0 saturated carbocycles. The largest absolute Gasteiger partial charge is 0.370 e.